The third-order valence-electron chi connectivity index (χ3n) is 5.12. The van der Waals surface area contributed by atoms with E-state index < -0.39 is 29.0 Å². The fraction of sp³-hybridized carbons (Fsp3) is 0.273. The van der Waals surface area contributed by atoms with Crippen molar-refractivity contribution in [3.63, 3.8) is 0 Å². The Hall–Kier alpha value is -3.06. The number of rotatable bonds is 5. The van der Waals surface area contributed by atoms with Crippen LogP contribution in [0.15, 0.2) is 51.7 Å². The summed E-state index contributed by atoms with van der Waals surface area (Å²) in [4.78, 5) is 29.9. The van der Waals surface area contributed by atoms with E-state index in [1.807, 2.05) is 19.0 Å². The zero-order chi connectivity index (χ0) is 20.7. The monoisotopic (exact) mass is 398 g/mol. The normalized spacial score (nSPS) is 16.1. The van der Waals surface area contributed by atoms with Gasteiger partial charge in [0.05, 0.1) is 17.0 Å². The quantitative estimate of drug-likeness (QED) is 0.659. The third kappa shape index (κ3) is 3.42. The van der Waals surface area contributed by atoms with Crippen LogP contribution in [0.25, 0.3) is 11.0 Å². The van der Waals surface area contributed by atoms with Crippen molar-refractivity contribution in [3.05, 3.63) is 81.2 Å². The number of carbonyl (C=O) groups excluding carboxylic acids is 1. The number of hydrogen-bond donors (Lipinski definition) is 0. The van der Waals surface area contributed by atoms with Gasteiger partial charge in [0, 0.05) is 6.54 Å². The van der Waals surface area contributed by atoms with E-state index in [1.165, 1.54) is 24.3 Å². The Kier molecular flexibility index (Phi) is 4.92. The molecule has 0 aliphatic carbocycles. The second-order valence-electron chi connectivity index (χ2n) is 7.42. The van der Waals surface area contributed by atoms with E-state index in [1.54, 1.807) is 17.0 Å². The lowest BCUT2D eigenvalue weighted by atomic mass is 9.98. The van der Waals surface area contributed by atoms with Crippen LogP contribution in [-0.4, -0.2) is 42.9 Å². The maximum absolute atomic E-state index is 13.7. The highest BCUT2D eigenvalue weighted by Crippen LogP contribution is 2.38. The third-order valence-corrected chi connectivity index (χ3v) is 5.12. The lowest BCUT2D eigenvalue weighted by molar-refractivity contribution is 0.0722. The van der Waals surface area contributed by atoms with Gasteiger partial charge in [-0.3, -0.25) is 9.59 Å². The van der Waals surface area contributed by atoms with Crippen molar-refractivity contribution >= 4 is 16.9 Å². The molecular weight excluding hydrogens is 378 g/mol. The summed E-state index contributed by atoms with van der Waals surface area (Å²) < 4.78 is 32.9. The lowest BCUT2D eigenvalue weighted by Crippen LogP contribution is -2.32. The van der Waals surface area contributed by atoms with Crippen LogP contribution in [0.3, 0.4) is 0 Å². The molecule has 3 aromatic rings. The maximum Gasteiger partial charge on any atom is 0.290 e. The minimum Gasteiger partial charge on any atom is -0.450 e. The van der Waals surface area contributed by atoms with E-state index in [9.17, 15) is 18.4 Å². The molecule has 2 aromatic carbocycles. The van der Waals surface area contributed by atoms with E-state index in [0.29, 0.717) is 18.5 Å². The molecule has 0 saturated heterocycles. The minimum absolute atomic E-state index is 0.0340. The molecule has 1 aromatic heterocycles. The molecule has 1 aliphatic heterocycles. The summed E-state index contributed by atoms with van der Waals surface area (Å²) in [6.07, 6.45) is 0.687. The van der Waals surface area contributed by atoms with Gasteiger partial charge in [0.25, 0.3) is 5.91 Å². The lowest BCUT2D eigenvalue weighted by Gasteiger charge is -2.25. The zero-order valence-electron chi connectivity index (χ0n) is 16.1. The van der Waals surface area contributed by atoms with Crippen molar-refractivity contribution in [1.29, 1.82) is 0 Å². The Morgan fingerprint density at radius 2 is 1.72 bits per heavy atom. The van der Waals surface area contributed by atoms with Gasteiger partial charge in [0.15, 0.2) is 5.43 Å². The van der Waals surface area contributed by atoms with E-state index in [2.05, 4.69) is 0 Å². The van der Waals surface area contributed by atoms with E-state index in [0.717, 1.165) is 12.6 Å². The van der Waals surface area contributed by atoms with Gasteiger partial charge in [0.2, 0.25) is 5.76 Å². The molecule has 0 N–H and O–H groups in total. The Labute approximate surface area is 166 Å². The van der Waals surface area contributed by atoms with Crippen molar-refractivity contribution in [2.24, 2.45) is 0 Å². The van der Waals surface area contributed by atoms with Crippen LogP contribution in [-0.2, 0) is 0 Å². The van der Waals surface area contributed by atoms with E-state index >= 15 is 0 Å². The average molecular weight is 398 g/mol. The average Bonchev–Trinajstić information content (AvgIpc) is 2.95. The summed E-state index contributed by atoms with van der Waals surface area (Å²) in [5, 5.41) is 0.0822. The highest BCUT2D eigenvalue weighted by Gasteiger charge is 2.42. The Balaban J connectivity index is 1.88. The molecule has 5 nitrogen and oxygen atoms in total. The minimum atomic E-state index is -0.704. The molecule has 0 bridgehead atoms. The molecule has 4 rings (SSSR count). The SMILES string of the molecule is CN(C)CCCN1C(=O)c2oc3ccc(F)cc3c(=O)c2C1c1ccc(F)cc1. The summed E-state index contributed by atoms with van der Waals surface area (Å²) in [6, 6.07) is 8.63. The predicted molar refractivity (Wildman–Crippen MR) is 105 cm³/mol. The molecule has 2 heterocycles. The molecule has 0 spiro atoms. The van der Waals surface area contributed by atoms with Crippen LogP contribution in [0.5, 0.6) is 0 Å². The number of nitrogens with zero attached hydrogens (tertiary/aromatic N) is 2. The first-order valence-corrected chi connectivity index (χ1v) is 9.34. The molecule has 0 fully saturated rings. The van der Waals surface area contributed by atoms with Gasteiger partial charge in [-0.05, 0) is 63.0 Å². The van der Waals surface area contributed by atoms with Gasteiger partial charge >= 0.3 is 0 Å². The highest BCUT2D eigenvalue weighted by molar-refractivity contribution is 5.99. The summed E-state index contributed by atoms with van der Waals surface area (Å²) >= 11 is 0. The molecule has 7 heteroatoms. The number of amides is 1. The maximum atomic E-state index is 13.7. The molecular formula is C22H20F2N2O3. The highest BCUT2D eigenvalue weighted by atomic mass is 19.1. The van der Waals surface area contributed by atoms with Gasteiger partial charge in [-0.1, -0.05) is 12.1 Å². The van der Waals surface area contributed by atoms with Crippen molar-refractivity contribution < 1.29 is 18.0 Å². The number of halogens is 2. The molecule has 1 aliphatic rings. The van der Waals surface area contributed by atoms with Gasteiger partial charge in [0.1, 0.15) is 17.2 Å². The molecule has 29 heavy (non-hydrogen) atoms. The number of carbonyl (C=O) groups is 1. The van der Waals surface area contributed by atoms with Gasteiger partial charge in [-0.25, -0.2) is 8.78 Å². The Morgan fingerprint density at radius 1 is 1.03 bits per heavy atom. The zero-order valence-corrected chi connectivity index (χ0v) is 16.1. The van der Waals surface area contributed by atoms with Crippen molar-refractivity contribution in [2.45, 2.75) is 12.5 Å². The first kappa shape index (κ1) is 19.3. The van der Waals surface area contributed by atoms with Crippen LogP contribution in [0, 0.1) is 11.6 Å². The second kappa shape index (κ2) is 7.40. The first-order valence-electron chi connectivity index (χ1n) is 9.34. The molecule has 0 saturated carbocycles. The van der Waals surface area contributed by atoms with Crippen molar-refractivity contribution in [2.75, 3.05) is 27.2 Å². The smallest absolute Gasteiger partial charge is 0.290 e. The van der Waals surface area contributed by atoms with Gasteiger partial charge < -0.3 is 14.2 Å². The second-order valence-corrected chi connectivity index (χ2v) is 7.42. The van der Waals surface area contributed by atoms with Crippen molar-refractivity contribution in [1.82, 2.24) is 9.80 Å². The fourth-order valence-corrected chi connectivity index (χ4v) is 3.77. The van der Waals surface area contributed by atoms with Gasteiger partial charge in [-0.15, -0.1) is 0 Å². The van der Waals surface area contributed by atoms with Crippen molar-refractivity contribution in [3.8, 4) is 0 Å². The topological polar surface area (TPSA) is 53.8 Å². The number of benzene rings is 2. The molecule has 1 amide bonds. The molecule has 1 atom stereocenters. The predicted octanol–water partition coefficient (Wildman–Crippen LogP) is 3.57. The van der Waals surface area contributed by atoms with Gasteiger partial charge in [-0.2, -0.15) is 0 Å². The van der Waals surface area contributed by atoms with Crippen LogP contribution in [0.4, 0.5) is 8.78 Å². The van der Waals surface area contributed by atoms with Crippen LogP contribution in [0.1, 0.15) is 34.1 Å². The first-order chi connectivity index (χ1) is 13.9. The Bertz CT molecular complexity index is 1140. The fourth-order valence-electron chi connectivity index (χ4n) is 3.77. The summed E-state index contributed by atoms with van der Waals surface area (Å²) in [7, 11) is 3.87. The van der Waals surface area contributed by atoms with Crippen LogP contribution >= 0.6 is 0 Å². The number of fused-ring (bicyclic) bond motifs is 2. The summed E-state index contributed by atoms with van der Waals surface area (Å²) in [6.45, 7) is 1.15. The standard InChI is InChI=1S/C22H20F2N2O3/c1-25(2)10-3-11-26-19(13-4-6-14(23)7-5-13)18-20(27)16-12-15(24)8-9-17(16)29-21(18)22(26)28/h4-9,12,19H,3,10-11H2,1-2H3. The van der Waals surface area contributed by atoms with E-state index in [4.69, 9.17) is 4.42 Å². The molecule has 1 unspecified atom stereocenters. The van der Waals surface area contributed by atoms with Crippen LogP contribution in [0.2, 0.25) is 0 Å². The summed E-state index contributed by atoms with van der Waals surface area (Å²) in [5.74, 6) is -1.40. The van der Waals surface area contributed by atoms with Crippen LogP contribution < -0.4 is 5.43 Å². The largest absolute Gasteiger partial charge is 0.450 e. The molecule has 0 radical (unpaired) electrons. The Morgan fingerprint density at radius 3 is 2.41 bits per heavy atom. The number of hydrogen-bond acceptors (Lipinski definition) is 4. The molecule has 150 valence electrons. The van der Waals surface area contributed by atoms with E-state index in [-0.39, 0.29) is 22.3 Å². The summed E-state index contributed by atoms with van der Waals surface area (Å²) in [5.41, 5.74) is 0.492.